The van der Waals surface area contributed by atoms with Crippen molar-refractivity contribution < 1.29 is 2950 Å². The van der Waals surface area contributed by atoms with E-state index in [0.29, 0.717) is 0 Å². The van der Waals surface area contributed by atoms with Crippen LogP contribution in [0.4, 0.5) is 118 Å². The zero-order valence-corrected chi connectivity index (χ0v) is 89.8. The van der Waals surface area contributed by atoms with Gasteiger partial charge in [0.05, 0.1) is 0 Å². The second-order valence-corrected chi connectivity index (χ2v) is 0. The van der Waals surface area contributed by atoms with E-state index in [1.807, 2.05) is 0 Å². The van der Waals surface area contributed by atoms with E-state index in [9.17, 15) is 0 Å². The van der Waals surface area contributed by atoms with Crippen LogP contribution in [0.2, 0.25) is 0 Å². The van der Waals surface area contributed by atoms with Crippen LogP contribution >= 0.6 is 0 Å². The van der Waals surface area contributed by atoms with Gasteiger partial charge in [-0.2, -0.15) is 0 Å². The minimum atomic E-state index is 0. The van der Waals surface area contributed by atoms with Gasteiger partial charge in [0, 0.05) is 2830 Å². The molecular weight excluding hydrogens is 3470 g/mol. The van der Waals surface area contributed by atoms with Gasteiger partial charge in [-0.25, -0.2) is 0 Å². The van der Waals surface area contributed by atoms with E-state index in [2.05, 4.69) is 0 Å². The van der Waals surface area contributed by atoms with Crippen molar-refractivity contribution in [3.05, 3.63) is 0 Å². The van der Waals surface area contributed by atoms with Gasteiger partial charge >= 0.3 is 0 Å². The largest absolute Gasteiger partial charge is 0.269 e. The van der Waals surface area contributed by atoms with Gasteiger partial charge in [-0.15, -0.1) is 0 Å². The number of rotatable bonds is 0. The fraction of sp³-hybridized carbons (Fsp3) is 0. The molecule has 0 aliphatic rings. The number of hydrogen-bond donors (Lipinski definition) is 0. The molecule has 0 saturated heterocycles. The molecule has 800 valence electrons. The van der Waals surface area contributed by atoms with E-state index < -0.39 is 0 Å². The Labute approximate surface area is 2830 Å². The second kappa shape index (κ2) is 811. The van der Waals surface area contributed by atoms with Crippen LogP contribution in [0, 0.1) is 2830 Å². The summed E-state index contributed by atoms with van der Waals surface area (Å²) in [5.41, 5.74) is 0. The van der Waals surface area contributed by atoms with Crippen molar-refractivity contribution in [1.82, 2.24) is 0 Å². The van der Waals surface area contributed by atoms with E-state index in [0.717, 1.165) is 0 Å². The van der Waals surface area contributed by atoms with Gasteiger partial charge in [0.1, 0.15) is 0 Å². The molecule has 100 heavy (non-hydrogen) atoms. The Hall–Kier alpha value is 92.7. The van der Waals surface area contributed by atoms with Gasteiger partial charge in [0.15, 0.2) is 0 Å². The smallest absolute Gasteiger partial charge is 0 e. The van der Waals surface area contributed by atoms with Gasteiger partial charge in [-0.05, 0) is 0 Å². The van der Waals surface area contributed by atoms with Crippen molar-refractivity contribution >= 4 is 0 Å². The van der Waals surface area contributed by atoms with Crippen LogP contribution in [0.3, 0.4) is 0 Å². The molecule has 0 saturated carbocycles. The summed E-state index contributed by atoms with van der Waals surface area (Å²) in [6.45, 7) is 0. The third kappa shape index (κ3) is 798. The normalized spacial score (nSPS) is 0. The minimum Gasteiger partial charge on any atom is -0.269 e. The van der Waals surface area contributed by atoms with Crippen LogP contribution in [-0.4, -0.2) is 0 Å². The Kier molecular flexibility index (Phi) is 6680. The monoisotopic (exact) mass is 3500 g/mol. The molecule has 0 aromatic rings. The summed E-state index contributed by atoms with van der Waals surface area (Å²) < 4.78 is 0. The molecule has 0 radical (unpaired) electrons. The molecular formula is H25Ar75F25. The van der Waals surface area contributed by atoms with Crippen LogP contribution in [0.15, 0.2) is 0 Å². The maximum absolute atomic E-state index is 0. The molecule has 0 aromatic heterocycles. The fourth-order valence-corrected chi connectivity index (χ4v) is 0. The average molecular weight is 3500 g/mol. The van der Waals surface area contributed by atoms with E-state index in [1.54, 1.807) is 0 Å². The maximum Gasteiger partial charge on any atom is 0 e. The zero-order chi connectivity index (χ0) is 0. The van der Waals surface area contributed by atoms with Crippen molar-refractivity contribution in [1.29, 1.82) is 0 Å². The molecule has 0 atom stereocenters. The Morgan fingerprint density at radius 1 is 0.0200 bits per heavy atom. The van der Waals surface area contributed by atoms with Crippen LogP contribution in [0.5, 0.6) is 0 Å². The first kappa shape index (κ1) is 824. The summed E-state index contributed by atoms with van der Waals surface area (Å²) in [6.07, 6.45) is 0. The van der Waals surface area contributed by atoms with E-state index >= 15 is 0 Å². The van der Waals surface area contributed by atoms with Crippen molar-refractivity contribution in [2.45, 2.75) is 0 Å². The molecule has 0 aliphatic carbocycles. The molecule has 0 N–H and O–H groups in total. The van der Waals surface area contributed by atoms with Crippen LogP contribution in [-0.2, 0) is 0 Å². The van der Waals surface area contributed by atoms with E-state index in [4.69, 9.17) is 0 Å². The molecule has 0 spiro atoms. The Morgan fingerprint density at radius 2 is 0.0200 bits per heavy atom. The van der Waals surface area contributed by atoms with Crippen molar-refractivity contribution in [2.75, 3.05) is 0 Å². The van der Waals surface area contributed by atoms with Gasteiger partial charge in [-0.1, -0.05) is 0 Å². The van der Waals surface area contributed by atoms with Crippen molar-refractivity contribution in [3.63, 3.8) is 0 Å². The Balaban J connectivity index is 0. The van der Waals surface area contributed by atoms with Crippen molar-refractivity contribution in [3.8, 4) is 0 Å². The second-order valence-electron chi connectivity index (χ2n) is 0. The minimum absolute atomic E-state index is 0. The molecule has 0 aromatic carbocycles. The standard InChI is InChI=1S/75Ar.25FH/h;;;;;;;;;;;;;;;;;;;;;;;;;;;;;;;;;;;;;;;;;;;;;;;;;;;;;;;;;;;;;;;;;;;;;;;;;;;25*1H. The van der Waals surface area contributed by atoms with Gasteiger partial charge < -0.3 is 0 Å². The fourth-order valence-electron chi connectivity index (χ4n) is 0. The molecule has 0 unspecified atom stereocenters. The maximum atomic E-state index is 0. The average Bonchev–Trinajstić information content (AvgIpc) is 0. The van der Waals surface area contributed by atoms with Crippen molar-refractivity contribution in [2.24, 2.45) is 0 Å². The third-order valence-electron chi connectivity index (χ3n) is 0. The molecule has 100 heteroatoms. The molecule has 0 heterocycles. The van der Waals surface area contributed by atoms with Gasteiger partial charge in [0.25, 0.3) is 0 Å². The van der Waals surface area contributed by atoms with Crippen LogP contribution in [0.1, 0.15) is 0 Å². The van der Waals surface area contributed by atoms with E-state index in [-0.39, 0.29) is 2950 Å². The predicted octanol–water partition coefficient (Wildman–Crippen LogP) is 3.81. The summed E-state index contributed by atoms with van der Waals surface area (Å²) in [5.74, 6) is 0. The molecule has 0 bridgehead atoms. The summed E-state index contributed by atoms with van der Waals surface area (Å²) in [4.78, 5) is 0. The summed E-state index contributed by atoms with van der Waals surface area (Å²) in [6, 6.07) is 0. The summed E-state index contributed by atoms with van der Waals surface area (Å²) in [7, 11) is 0. The van der Waals surface area contributed by atoms with Crippen LogP contribution < -0.4 is 0 Å². The number of halogens is 25. The number of hydrogen-bond acceptors (Lipinski definition) is 0. The third-order valence-corrected chi connectivity index (χ3v) is 0. The molecule has 0 rings (SSSR count). The predicted molar refractivity (Wildman–Crippen MR) is 62.6 cm³/mol. The first-order valence-corrected chi connectivity index (χ1v) is 0. The zero-order valence-electron chi connectivity index (χ0n) is 36.7. The quantitative estimate of drug-likeness (QED) is 0.325. The van der Waals surface area contributed by atoms with Gasteiger partial charge in [0.2, 0.25) is 0 Å². The van der Waals surface area contributed by atoms with Gasteiger partial charge in [-0.3, -0.25) is 118 Å². The molecule has 0 aliphatic heterocycles. The first-order chi connectivity index (χ1) is 0. The Bertz CT molecular complexity index is 81.1. The first-order valence-electron chi connectivity index (χ1n) is 0. The SMILES string of the molecule is F.F.F.F.F.F.F.F.F.F.F.F.F.F.F.F.F.F.F.F.F.F.F.F.F.[Ar].[Ar].[Ar].[Ar].[Ar].[Ar].[Ar].[Ar].[Ar].[Ar].[Ar].[Ar].[Ar].[Ar].[Ar].[Ar].[Ar].[Ar].[Ar].[Ar].[Ar].[Ar].[Ar].[Ar].[Ar].[Ar].[Ar].[Ar].[Ar].[Ar].[Ar].[Ar].[Ar].[Ar].[Ar].[Ar].[Ar].[Ar].[Ar].[Ar].[Ar].[Ar].[Ar].[Ar].[Ar].[Ar].[Ar].[Ar].[Ar].[Ar].[Ar].[Ar].[Ar].[Ar].[Ar].[Ar].[Ar].[Ar].[Ar].[Ar].[Ar].[Ar].[Ar].[Ar].[Ar].[Ar].[Ar].[Ar].[Ar].[Ar].[Ar].[Ar].[Ar].[Ar].[Ar]. The molecule has 0 amide bonds. The van der Waals surface area contributed by atoms with Crippen LogP contribution in [0.25, 0.3) is 0 Å². The molecule has 0 nitrogen and oxygen atoms in total. The Morgan fingerprint density at radius 3 is 0.0200 bits per heavy atom. The van der Waals surface area contributed by atoms with E-state index in [1.165, 1.54) is 0 Å². The summed E-state index contributed by atoms with van der Waals surface area (Å²) in [5, 5.41) is 0. The topological polar surface area (TPSA) is 0 Å². The molecule has 0 fully saturated rings. The summed E-state index contributed by atoms with van der Waals surface area (Å²) >= 11 is 0.